The van der Waals surface area contributed by atoms with E-state index in [-0.39, 0.29) is 86.2 Å². The van der Waals surface area contributed by atoms with Crippen molar-refractivity contribution in [3.8, 4) is 5.75 Å². The topological polar surface area (TPSA) is 183 Å². The van der Waals surface area contributed by atoms with Crippen molar-refractivity contribution in [2.24, 2.45) is 10.2 Å². The summed E-state index contributed by atoms with van der Waals surface area (Å²) in [6.07, 6.45) is 0. The van der Waals surface area contributed by atoms with Gasteiger partial charge in [-0.2, -0.15) is 21.9 Å². The van der Waals surface area contributed by atoms with Crippen LogP contribution in [0.25, 0.3) is 21.5 Å². The number of anilines is 1. The first-order chi connectivity index (χ1) is 18.9. The fourth-order valence-corrected chi connectivity index (χ4v) is 5.29. The average molecular weight is 624 g/mol. The Labute approximate surface area is 284 Å². The first-order valence-electron chi connectivity index (χ1n) is 11.5. The Bertz CT molecular complexity index is 2070. The maximum Gasteiger partial charge on any atom is 0.295 e. The summed E-state index contributed by atoms with van der Waals surface area (Å²) >= 11 is 0. The molecule has 4 N–H and O–H groups in total. The van der Waals surface area contributed by atoms with Crippen LogP contribution in [0, 0.1) is 0 Å². The number of nitrogens with zero attached hydrogens (tertiary/aromatic N) is 2. The van der Waals surface area contributed by atoms with Crippen LogP contribution in [0.3, 0.4) is 0 Å². The molecular formula is C27H19N3Na2O8S2. The van der Waals surface area contributed by atoms with Gasteiger partial charge in [-0.25, -0.2) is 0 Å². The molecule has 0 heterocycles. The third-order valence-corrected chi connectivity index (χ3v) is 7.75. The maximum atomic E-state index is 12.7. The Morgan fingerprint density at radius 1 is 0.690 bits per heavy atom. The van der Waals surface area contributed by atoms with Gasteiger partial charge in [0.15, 0.2) is 5.75 Å². The zero-order valence-electron chi connectivity index (χ0n) is 22.3. The molecule has 0 aliphatic carbocycles. The molecule has 0 spiro atoms. The number of hydrogen-bond donors (Lipinski definition) is 4. The molecule has 0 aliphatic rings. The summed E-state index contributed by atoms with van der Waals surface area (Å²) in [4.78, 5) is 12.1. The van der Waals surface area contributed by atoms with Crippen LogP contribution < -0.4 is 5.32 Å². The van der Waals surface area contributed by atoms with E-state index in [1.54, 1.807) is 30.3 Å². The number of phenolic OH excluding ortho intramolecular Hbond substituents is 1. The smallest absolute Gasteiger partial charge is 0.295 e. The second-order valence-electron chi connectivity index (χ2n) is 8.66. The molecule has 0 aliphatic heterocycles. The SMILES string of the molecule is O=C(Nc1ccc2cc(S(=O)(=O)O)ccc2c1)c1ccc(N=Nc2cc(S(=O)(=O)O)c3ccccc3c2O)cc1.[Na].[Na]. The number of nitrogens with one attached hydrogen (secondary N) is 1. The summed E-state index contributed by atoms with van der Waals surface area (Å²) in [5, 5.41) is 22.8. The van der Waals surface area contributed by atoms with E-state index in [2.05, 4.69) is 15.5 Å². The number of phenols is 1. The second-order valence-corrected chi connectivity index (χ2v) is 11.5. The first-order valence-corrected chi connectivity index (χ1v) is 14.3. The van der Waals surface area contributed by atoms with E-state index in [0.717, 1.165) is 6.07 Å². The minimum atomic E-state index is -4.60. The van der Waals surface area contributed by atoms with Gasteiger partial charge in [-0.1, -0.05) is 36.4 Å². The van der Waals surface area contributed by atoms with Crippen LogP contribution in [0.4, 0.5) is 17.1 Å². The van der Waals surface area contributed by atoms with Crippen molar-refractivity contribution in [2.45, 2.75) is 9.79 Å². The molecule has 0 bridgehead atoms. The van der Waals surface area contributed by atoms with Gasteiger partial charge in [-0.3, -0.25) is 13.9 Å². The van der Waals surface area contributed by atoms with Gasteiger partial charge >= 0.3 is 0 Å². The van der Waals surface area contributed by atoms with E-state index in [1.165, 1.54) is 54.6 Å². The number of hydrogen-bond acceptors (Lipinski definition) is 8. The molecule has 5 aromatic rings. The molecule has 5 rings (SSSR count). The predicted octanol–water partition coefficient (Wildman–Crippen LogP) is 5.10. The van der Waals surface area contributed by atoms with E-state index >= 15 is 0 Å². The number of amides is 1. The molecule has 0 saturated heterocycles. The van der Waals surface area contributed by atoms with Crippen molar-refractivity contribution in [1.29, 1.82) is 0 Å². The molecule has 15 heteroatoms. The van der Waals surface area contributed by atoms with Crippen molar-refractivity contribution in [3.05, 3.63) is 96.6 Å². The third kappa shape index (κ3) is 7.44. The molecule has 11 nitrogen and oxygen atoms in total. The molecule has 0 aromatic heterocycles. The Morgan fingerprint density at radius 2 is 1.31 bits per heavy atom. The van der Waals surface area contributed by atoms with Crippen LogP contribution in [-0.2, 0) is 20.2 Å². The number of benzene rings is 5. The zero-order chi connectivity index (χ0) is 28.7. The summed E-state index contributed by atoms with van der Waals surface area (Å²) in [7, 11) is -8.94. The fourth-order valence-electron chi connectivity index (χ4n) is 4.06. The minimum Gasteiger partial charge on any atom is -0.505 e. The van der Waals surface area contributed by atoms with Gasteiger partial charge < -0.3 is 10.4 Å². The van der Waals surface area contributed by atoms with Crippen LogP contribution in [-0.4, -0.2) is 96.1 Å². The van der Waals surface area contributed by atoms with Gasteiger partial charge in [0.25, 0.3) is 26.1 Å². The molecule has 0 atom stereocenters. The van der Waals surface area contributed by atoms with E-state index < -0.39 is 31.0 Å². The molecular weight excluding hydrogens is 604 g/mol. The maximum absolute atomic E-state index is 12.7. The molecule has 42 heavy (non-hydrogen) atoms. The van der Waals surface area contributed by atoms with E-state index in [9.17, 15) is 35.8 Å². The molecule has 0 saturated carbocycles. The third-order valence-electron chi connectivity index (χ3n) is 6.01. The normalized spacial score (nSPS) is 11.7. The number of carbonyl (C=O) groups is 1. The molecule has 2 radical (unpaired) electrons. The Balaban J connectivity index is 0.00000242. The number of carbonyl (C=O) groups excluding carboxylic acids is 1. The van der Waals surface area contributed by atoms with Crippen molar-refractivity contribution in [1.82, 2.24) is 0 Å². The largest absolute Gasteiger partial charge is 0.505 e. The van der Waals surface area contributed by atoms with Crippen LogP contribution in [0.1, 0.15) is 10.4 Å². The fraction of sp³-hybridized carbons (Fsp3) is 0. The van der Waals surface area contributed by atoms with Crippen LogP contribution >= 0.6 is 0 Å². The number of azo groups is 1. The molecule has 1 amide bonds. The van der Waals surface area contributed by atoms with Crippen molar-refractivity contribution < 1.29 is 35.8 Å². The molecule has 5 aromatic carbocycles. The number of aromatic hydroxyl groups is 1. The second kappa shape index (κ2) is 13.3. The number of fused-ring (bicyclic) bond motifs is 2. The standard InChI is InChI=1S/C27H19N3O8S2.2Na/c31-26-23-4-2-1-3-22(23)25(40(36,37)38)15-24(26)30-29-19-9-5-16(6-10-19)27(32)28-20-11-7-18-14-21(39(33,34)35)12-8-17(18)13-20;;/h1-15,31H,(H,28,32)(H,33,34,35)(H,36,37,38);;. The quantitative estimate of drug-likeness (QED) is 0.114. The first kappa shape index (κ1) is 33.8. The van der Waals surface area contributed by atoms with E-state index in [4.69, 9.17) is 0 Å². The van der Waals surface area contributed by atoms with Gasteiger partial charge in [0, 0.05) is 81.1 Å². The van der Waals surface area contributed by atoms with Gasteiger partial charge in [0.1, 0.15) is 10.6 Å². The van der Waals surface area contributed by atoms with Gasteiger partial charge in [-0.05, 0) is 65.4 Å². The van der Waals surface area contributed by atoms with Crippen molar-refractivity contribution in [2.75, 3.05) is 5.32 Å². The zero-order valence-corrected chi connectivity index (χ0v) is 27.9. The average Bonchev–Trinajstić information content (AvgIpc) is 2.91. The predicted molar refractivity (Wildman–Crippen MR) is 159 cm³/mol. The van der Waals surface area contributed by atoms with Gasteiger partial charge in [-0.15, -0.1) is 5.11 Å². The van der Waals surface area contributed by atoms with Gasteiger partial charge in [0.2, 0.25) is 0 Å². The van der Waals surface area contributed by atoms with Crippen LogP contribution in [0.5, 0.6) is 5.75 Å². The van der Waals surface area contributed by atoms with E-state index in [0.29, 0.717) is 27.7 Å². The van der Waals surface area contributed by atoms with Crippen LogP contribution in [0.2, 0.25) is 0 Å². The van der Waals surface area contributed by atoms with Crippen molar-refractivity contribution in [3.63, 3.8) is 0 Å². The summed E-state index contributed by atoms with van der Waals surface area (Å²) in [5.41, 5.74) is 0.885. The van der Waals surface area contributed by atoms with E-state index in [1.807, 2.05) is 0 Å². The van der Waals surface area contributed by atoms with Crippen molar-refractivity contribution >= 4 is 124 Å². The molecule has 204 valence electrons. The monoisotopic (exact) mass is 623 g/mol. The number of rotatable bonds is 6. The Morgan fingerprint density at radius 3 is 1.95 bits per heavy atom. The summed E-state index contributed by atoms with van der Waals surface area (Å²) < 4.78 is 65.2. The van der Waals surface area contributed by atoms with Crippen LogP contribution in [0.15, 0.2) is 111 Å². The summed E-state index contributed by atoms with van der Waals surface area (Å²) in [6, 6.07) is 22.0. The molecule has 0 unspecified atom stereocenters. The van der Waals surface area contributed by atoms with Gasteiger partial charge in [0.05, 0.1) is 10.6 Å². The summed E-state index contributed by atoms with van der Waals surface area (Å²) in [6.45, 7) is 0. The Hall–Kier alpha value is -2.69. The molecule has 0 fully saturated rings. The Kier molecular flexibility index (Phi) is 10.7. The summed E-state index contributed by atoms with van der Waals surface area (Å²) in [5.74, 6) is -0.741. The minimum absolute atomic E-state index is 0.